The van der Waals surface area contributed by atoms with Gasteiger partial charge in [-0.15, -0.1) is 0 Å². The first-order chi connectivity index (χ1) is 14.2. The van der Waals surface area contributed by atoms with Crippen molar-refractivity contribution in [1.82, 2.24) is 24.8 Å². The molecule has 2 amide bonds. The normalized spacial score (nSPS) is 16.2. The van der Waals surface area contributed by atoms with E-state index < -0.39 is 0 Å². The number of ether oxygens (including phenoxy) is 1. The SMILES string of the molecule is COCCN1C(=O)c2cccn2CC1CNC(=O)CCc1nc2ccccc2[nH]1. The minimum atomic E-state index is -0.104. The van der Waals surface area contributed by atoms with Crippen molar-refractivity contribution in [2.45, 2.75) is 25.4 Å². The predicted octanol–water partition coefficient (Wildman–Crippen LogP) is 1.58. The molecule has 1 atom stereocenters. The third-order valence-electron chi connectivity index (χ3n) is 5.26. The number of hydrogen-bond donors (Lipinski definition) is 2. The molecule has 0 saturated carbocycles. The summed E-state index contributed by atoms with van der Waals surface area (Å²) in [5.74, 6) is 0.718. The second-order valence-electron chi connectivity index (χ2n) is 7.20. The van der Waals surface area contributed by atoms with Gasteiger partial charge in [0.05, 0.1) is 23.7 Å². The average Bonchev–Trinajstić information content (AvgIpc) is 3.36. The summed E-state index contributed by atoms with van der Waals surface area (Å²) < 4.78 is 7.09. The fraction of sp³-hybridized carbons (Fsp3) is 0.381. The van der Waals surface area contributed by atoms with Gasteiger partial charge in [-0.05, 0) is 24.3 Å². The zero-order valence-corrected chi connectivity index (χ0v) is 16.4. The molecular weight excluding hydrogens is 370 g/mol. The summed E-state index contributed by atoms with van der Waals surface area (Å²) in [6.07, 6.45) is 2.78. The average molecular weight is 395 g/mol. The van der Waals surface area contributed by atoms with Crippen LogP contribution in [0.3, 0.4) is 0 Å². The Labute approximate surface area is 168 Å². The van der Waals surface area contributed by atoms with Crippen molar-refractivity contribution in [1.29, 1.82) is 0 Å². The summed E-state index contributed by atoms with van der Waals surface area (Å²) in [6, 6.07) is 11.4. The number of fused-ring (bicyclic) bond motifs is 2. The molecule has 0 saturated heterocycles. The highest BCUT2D eigenvalue weighted by Gasteiger charge is 2.31. The molecule has 1 aromatic carbocycles. The van der Waals surface area contributed by atoms with Crippen LogP contribution in [0.25, 0.3) is 11.0 Å². The van der Waals surface area contributed by atoms with Crippen molar-refractivity contribution in [3.05, 3.63) is 54.1 Å². The number of aromatic amines is 1. The number of methoxy groups -OCH3 is 1. The van der Waals surface area contributed by atoms with Gasteiger partial charge in [-0.2, -0.15) is 0 Å². The highest BCUT2D eigenvalue weighted by molar-refractivity contribution is 5.93. The van der Waals surface area contributed by atoms with Crippen molar-refractivity contribution in [2.24, 2.45) is 0 Å². The number of hydrogen-bond acceptors (Lipinski definition) is 4. The zero-order valence-electron chi connectivity index (χ0n) is 16.4. The van der Waals surface area contributed by atoms with Gasteiger partial charge in [0.2, 0.25) is 5.91 Å². The summed E-state index contributed by atoms with van der Waals surface area (Å²) in [5, 5.41) is 2.98. The first-order valence-electron chi connectivity index (χ1n) is 9.81. The van der Waals surface area contributed by atoms with Crippen molar-refractivity contribution in [3.63, 3.8) is 0 Å². The lowest BCUT2D eigenvalue weighted by atomic mass is 10.1. The van der Waals surface area contributed by atoms with Crippen LogP contribution in [0.2, 0.25) is 0 Å². The Balaban J connectivity index is 1.34. The van der Waals surface area contributed by atoms with Gasteiger partial charge in [0, 0.05) is 45.8 Å². The molecule has 1 unspecified atom stereocenters. The van der Waals surface area contributed by atoms with E-state index in [1.165, 1.54) is 0 Å². The van der Waals surface area contributed by atoms with E-state index in [1.54, 1.807) is 12.0 Å². The van der Waals surface area contributed by atoms with Crippen molar-refractivity contribution in [2.75, 3.05) is 26.8 Å². The van der Waals surface area contributed by atoms with Crippen LogP contribution in [0.1, 0.15) is 22.7 Å². The molecule has 4 rings (SSSR count). The molecule has 0 aliphatic carbocycles. The molecule has 8 nitrogen and oxygen atoms in total. The van der Waals surface area contributed by atoms with Crippen LogP contribution < -0.4 is 5.32 Å². The maximum atomic E-state index is 12.8. The number of aryl methyl sites for hydroxylation is 1. The molecule has 8 heteroatoms. The van der Waals surface area contributed by atoms with Crippen molar-refractivity contribution < 1.29 is 14.3 Å². The fourth-order valence-electron chi connectivity index (χ4n) is 3.73. The third-order valence-corrected chi connectivity index (χ3v) is 5.26. The maximum Gasteiger partial charge on any atom is 0.270 e. The Morgan fingerprint density at radius 3 is 3.00 bits per heavy atom. The predicted molar refractivity (Wildman–Crippen MR) is 109 cm³/mol. The highest BCUT2D eigenvalue weighted by Crippen LogP contribution is 2.18. The molecule has 0 fully saturated rings. The topological polar surface area (TPSA) is 92.2 Å². The van der Waals surface area contributed by atoms with E-state index in [0.717, 1.165) is 16.9 Å². The number of carbonyl (C=O) groups is 2. The molecule has 0 bridgehead atoms. The molecule has 0 radical (unpaired) electrons. The molecule has 1 aliphatic heterocycles. The second-order valence-corrected chi connectivity index (χ2v) is 7.20. The third kappa shape index (κ3) is 4.17. The number of aromatic nitrogens is 3. The number of rotatable bonds is 8. The van der Waals surface area contributed by atoms with E-state index in [2.05, 4.69) is 15.3 Å². The summed E-state index contributed by atoms with van der Waals surface area (Å²) in [5.41, 5.74) is 2.55. The number of para-hydroxylation sites is 2. The first kappa shape index (κ1) is 19.2. The molecule has 3 aromatic rings. The highest BCUT2D eigenvalue weighted by atomic mass is 16.5. The number of nitrogens with zero attached hydrogens (tertiary/aromatic N) is 3. The van der Waals surface area contributed by atoms with Gasteiger partial charge >= 0.3 is 0 Å². The van der Waals surface area contributed by atoms with Crippen LogP contribution >= 0.6 is 0 Å². The van der Waals surface area contributed by atoms with Crippen LogP contribution in [-0.2, 0) is 22.5 Å². The van der Waals surface area contributed by atoms with Gasteiger partial charge < -0.3 is 24.5 Å². The van der Waals surface area contributed by atoms with Crippen LogP contribution in [0.15, 0.2) is 42.6 Å². The van der Waals surface area contributed by atoms with Crippen molar-refractivity contribution in [3.8, 4) is 0 Å². The zero-order chi connectivity index (χ0) is 20.2. The van der Waals surface area contributed by atoms with E-state index in [-0.39, 0.29) is 17.9 Å². The molecular formula is C21H25N5O3. The monoisotopic (exact) mass is 395 g/mol. The lowest BCUT2D eigenvalue weighted by molar-refractivity contribution is -0.121. The fourth-order valence-corrected chi connectivity index (χ4v) is 3.73. The minimum Gasteiger partial charge on any atom is -0.383 e. The first-order valence-corrected chi connectivity index (χ1v) is 9.81. The van der Waals surface area contributed by atoms with Gasteiger partial charge in [0.25, 0.3) is 5.91 Å². The smallest absolute Gasteiger partial charge is 0.270 e. The van der Waals surface area contributed by atoms with Gasteiger partial charge in [0.15, 0.2) is 0 Å². The van der Waals surface area contributed by atoms with Crippen LogP contribution in [0.4, 0.5) is 0 Å². The minimum absolute atomic E-state index is 0.0279. The Hall–Kier alpha value is -3.13. The van der Waals surface area contributed by atoms with Crippen LogP contribution in [-0.4, -0.2) is 64.1 Å². The standard InChI is InChI=1S/C21H25N5O3/c1-29-12-11-26-15(14-25-10-4-7-18(25)21(26)28)13-22-20(27)9-8-19-23-16-5-2-3-6-17(16)24-19/h2-7,10,15H,8-9,11-14H2,1H3,(H,22,27)(H,23,24). The largest absolute Gasteiger partial charge is 0.383 e. The molecule has 2 aromatic heterocycles. The molecule has 3 heterocycles. The number of imidazole rings is 1. The van der Waals surface area contributed by atoms with Gasteiger partial charge in [-0.1, -0.05) is 12.1 Å². The van der Waals surface area contributed by atoms with Gasteiger partial charge in [-0.25, -0.2) is 4.98 Å². The van der Waals surface area contributed by atoms with Crippen LogP contribution in [0, 0.1) is 0 Å². The summed E-state index contributed by atoms with van der Waals surface area (Å²) in [7, 11) is 1.62. The summed E-state index contributed by atoms with van der Waals surface area (Å²) in [4.78, 5) is 34.7. The van der Waals surface area contributed by atoms with E-state index >= 15 is 0 Å². The lowest BCUT2D eigenvalue weighted by Crippen LogP contribution is -2.53. The number of carbonyl (C=O) groups excluding carboxylic acids is 2. The lowest BCUT2D eigenvalue weighted by Gasteiger charge is -2.36. The number of H-pyrrole nitrogens is 1. The van der Waals surface area contributed by atoms with Crippen molar-refractivity contribution >= 4 is 22.8 Å². The molecule has 29 heavy (non-hydrogen) atoms. The Morgan fingerprint density at radius 1 is 1.31 bits per heavy atom. The number of benzene rings is 1. The van der Waals surface area contributed by atoms with E-state index in [1.807, 2.05) is 47.2 Å². The molecule has 1 aliphatic rings. The van der Waals surface area contributed by atoms with E-state index in [4.69, 9.17) is 4.74 Å². The second kappa shape index (κ2) is 8.48. The van der Waals surface area contributed by atoms with E-state index in [9.17, 15) is 9.59 Å². The summed E-state index contributed by atoms with van der Waals surface area (Å²) in [6.45, 7) is 2.02. The van der Waals surface area contributed by atoms with Gasteiger partial charge in [-0.3, -0.25) is 9.59 Å². The maximum absolute atomic E-state index is 12.8. The quantitative estimate of drug-likeness (QED) is 0.606. The molecule has 152 valence electrons. The number of amides is 2. The van der Waals surface area contributed by atoms with E-state index in [0.29, 0.717) is 44.8 Å². The number of nitrogens with one attached hydrogen (secondary N) is 2. The van der Waals surface area contributed by atoms with Crippen LogP contribution in [0.5, 0.6) is 0 Å². The summed E-state index contributed by atoms with van der Waals surface area (Å²) >= 11 is 0. The Bertz CT molecular complexity index is 976. The Kier molecular flexibility index (Phi) is 5.62. The molecule has 0 spiro atoms. The molecule has 2 N–H and O–H groups in total. The Morgan fingerprint density at radius 2 is 2.17 bits per heavy atom. The van der Waals surface area contributed by atoms with Gasteiger partial charge in [0.1, 0.15) is 11.5 Å².